The summed E-state index contributed by atoms with van der Waals surface area (Å²) >= 11 is 0. The summed E-state index contributed by atoms with van der Waals surface area (Å²) in [6.45, 7) is 0. The predicted molar refractivity (Wildman–Crippen MR) is 153 cm³/mol. The number of amidine groups is 1. The first-order chi connectivity index (χ1) is 18.6. The molecule has 0 aromatic heterocycles. The van der Waals surface area contributed by atoms with Crippen molar-refractivity contribution in [3.8, 4) is 16.9 Å². The van der Waals surface area contributed by atoms with Crippen LogP contribution in [0.4, 0.5) is 11.4 Å². The van der Waals surface area contributed by atoms with E-state index in [1.165, 1.54) is 6.07 Å². The number of nitrogens with two attached hydrogens (primary N) is 2. The molecule has 4 aromatic rings. The van der Waals surface area contributed by atoms with Gasteiger partial charge in [0.2, 0.25) is 15.9 Å². The monoisotopic (exact) mass is 543 g/mol. The van der Waals surface area contributed by atoms with Gasteiger partial charge in [0.15, 0.2) is 0 Å². The van der Waals surface area contributed by atoms with Crippen LogP contribution in [0.3, 0.4) is 0 Å². The first-order valence-electron chi connectivity index (χ1n) is 12.0. The summed E-state index contributed by atoms with van der Waals surface area (Å²) in [4.78, 5) is 13.5. The van der Waals surface area contributed by atoms with Crippen LogP contribution in [0.5, 0.6) is 5.75 Å². The second-order valence-electron chi connectivity index (χ2n) is 8.85. The molecule has 9 nitrogen and oxygen atoms in total. The minimum Gasteiger partial charge on any atom is -0.497 e. The van der Waals surface area contributed by atoms with Crippen molar-refractivity contribution in [3.05, 3.63) is 108 Å². The summed E-state index contributed by atoms with van der Waals surface area (Å²) in [7, 11) is -2.31. The molecule has 0 aliphatic rings. The quantitative estimate of drug-likeness (QED) is 0.150. The molecule has 39 heavy (non-hydrogen) atoms. The van der Waals surface area contributed by atoms with Crippen LogP contribution in [0.1, 0.15) is 11.1 Å². The summed E-state index contributed by atoms with van der Waals surface area (Å²) in [6, 6.07) is 27.1. The van der Waals surface area contributed by atoms with Gasteiger partial charge in [-0.05, 0) is 53.6 Å². The van der Waals surface area contributed by atoms with E-state index in [4.69, 9.17) is 21.0 Å². The molecule has 4 aromatic carbocycles. The second-order valence-corrected chi connectivity index (χ2v) is 10.4. The molecule has 0 unspecified atom stereocenters. The van der Waals surface area contributed by atoms with E-state index < -0.39 is 16.1 Å². The van der Waals surface area contributed by atoms with E-state index in [1.54, 1.807) is 73.8 Å². The lowest BCUT2D eigenvalue weighted by Gasteiger charge is -2.20. The predicted octanol–water partition coefficient (Wildman–Crippen LogP) is 3.96. The Morgan fingerprint density at radius 1 is 0.923 bits per heavy atom. The number of anilines is 2. The minimum atomic E-state index is -3.90. The van der Waals surface area contributed by atoms with Crippen LogP contribution in [-0.4, -0.2) is 33.3 Å². The molecule has 0 saturated heterocycles. The maximum Gasteiger partial charge on any atom is 0.247 e. The normalized spacial score (nSPS) is 11.8. The molecular formula is C29H29N5O4S. The van der Waals surface area contributed by atoms with Crippen LogP contribution in [0, 0.1) is 5.41 Å². The lowest BCUT2D eigenvalue weighted by Crippen LogP contribution is -2.36. The van der Waals surface area contributed by atoms with Crippen molar-refractivity contribution in [2.75, 3.05) is 17.7 Å². The zero-order chi connectivity index (χ0) is 28.0. The number of primary sulfonamides is 1. The Morgan fingerprint density at radius 3 is 2.26 bits per heavy atom. The first-order valence-corrected chi connectivity index (χ1v) is 13.6. The third-order valence-electron chi connectivity index (χ3n) is 6.09. The summed E-state index contributed by atoms with van der Waals surface area (Å²) in [5, 5.41) is 19.3. The van der Waals surface area contributed by atoms with Crippen LogP contribution >= 0.6 is 0 Å². The number of amides is 1. The Balaban J connectivity index is 1.57. The van der Waals surface area contributed by atoms with E-state index in [-0.39, 0.29) is 16.6 Å². The number of ether oxygens (including phenoxy) is 1. The van der Waals surface area contributed by atoms with Crippen molar-refractivity contribution in [1.29, 1.82) is 5.41 Å². The number of carbonyl (C=O) groups excluding carboxylic acids is 1. The maximum atomic E-state index is 13.4. The van der Waals surface area contributed by atoms with Crippen molar-refractivity contribution >= 4 is 33.1 Å². The van der Waals surface area contributed by atoms with Crippen molar-refractivity contribution in [1.82, 2.24) is 0 Å². The Kier molecular flexibility index (Phi) is 8.28. The van der Waals surface area contributed by atoms with E-state index in [1.807, 2.05) is 24.3 Å². The molecule has 0 aliphatic carbocycles. The molecule has 0 aliphatic heterocycles. The summed E-state index contributed by atoms with van der Waals surface area (Å²) < 4.78 is 29.2. The van der Waals surface area contributed by atoms with Gasteiger partial charge in [-0.3, -0.25) is 10.2 Å². The van der Waals surface area contributed by atoms with E-state index in [9.17, 15) is 13.2 Å². The smallest absolute Gasteiger partial charge is 0.247 e. The number of rotatable bonds is 10. The van der Waals surface area contributed by atoms with Gasteiger partial charge in [-0.2, -0.15) is 0 Å². The van der Waals surface area contributed by atoms with Crippen LogP contribution in [0.25, 0.3) is 11.1 Å². The molecular weight excluding hydrogens is 514 g/mol. The molecule has 0 heterocycles. The largest absolute Gasteiger partial charge is 0.497 e. The molecule has 1 amide bonds. The topological polar surface area (TPSA) is 160 Å². The van der Waals surface area contributed by atoms with Crippen molar-refractivity contribution in [2.24, 2.45) is 10.9 Å². The van der Waals surface area contributed by atoms with Crippen molar-refractivity contribution in [2.45, 2.75) is 17.4 Å². The van der Waals surface area contributed by atoms with Gasteiger partial charge in [0.25, 0.3) is 0 Å². The molecule has 10 heteroatoms. The highest BCUT2D eigenvalue weighted by Gasteiger charge is 2.20. The molecule has 1 atom stereocenters. The standard InChI is InChI=1S/C29H29N5O4S/c1-38-24-15-9-19(10-16-24)17-26(33-23-6-4-5-21(18-23)28(30)31)29(35)34-22-13-11-20(12-14-22)25-7-2-3-8-27(25)39(32,36)37/h2-16,18,26,33H,17H2,1H3,(H3,30,31)(H,34,35)(H2,32,36,37)/t26-/m0/s1. The lowest BCUT2D eigenvalue weighted by molar-refractivity contribution is -0.116. The SMILES string of the molecule is COc1ccc(C[C@H](Nc2cccc(C(=N)N)c2)C(=O)Nc2ccc(-c3ccccc3S(N)(=O)=O)cc2)cc1. The number of sulfonamides is 1. The van der Waals surface area contributed by atoms with Gasteiger partial charge in [-0.25, -0.2) is 13.6 Å². The van der Waals surface area contributed by atoms with Crippen LogP contribution < -0.4 is 26.2 Å². The number of benzene rings is 4. The van der Waals surface area contributed by atoms with E-state index in [0.717, 1.165) is 5.56 Å². The van der Waals surface area contributed by atoms with Crippen LogP contribution in [0.15, 0.2) is 102 Å². The zero-order valence-corrected chi connectivity index (χ0v) is 22.0. The Labute approximate surface area is 227 Å². The van der Waals surface area contributed by atoms with E-state index in [2.05, 4.69) is 10.6 Å². The maximum absolute atomic E-state index is 13.4. The van der Waals surface area contributed by atoms with Gasteiger partial charge >= 0.3 is 0 Å². The van der Waals surface area contributed by atoms with E-state index in [0.29, 0.717) is 40.2 Å². The lowest BCUT2D eigenvalue weighted by atomic mass is 10.0. The Bertz CT molecular complexity index is 1590. The van der Waals surface area contributed by atoms with Gasteiger partial charge in [-0.15, -0.1) is 0 Å². The summed E-state index contributed by atoms with van der Waals surface area (Å²) in [6.07, 6.45) is 0.375. The first kappa shape index (κ1) is 27.4. The fraction of sp³-hybridized carbons (Fsp3) is 0.103. The van der Waals surface area contributed by atoms with Gasteiger partial charge in [0, 0.05) is 28.9 Å². The van der Waals surface area contributed by atoms with Crippen LogP contribution in [0.2, 0.25) is 0 Å². The highest BCUT2D eigenvalue weighted by molar-refractivity contribution is 7.89. The minimum absolute atomic E-state index is 0.0262. The molecule has 200 valence electrons. The van der Waals surface area contributed by atoms with Crippen LogP contribution in [-0.2, 0) is 21.2 Å². The fourth-order valence-electron chi connectivity index (χ4n) is 4.10. The molecule has 0 radical (unpaired) electrons. The van der Waals surface area contributed by atoms with Crippen molar-refractivity contribution < 1.29 is 17.9 Å². The molecule has 0 spiro atoms. The molecule has 0 saturated carbocycles. The fourth-order valence-corrected chi connectivity index (χ4v) is 4.86. The molecule has 7 N–H and O–H groups in total. The molecule has 0 fully saturated rings. The number of hydrogen-bond donors (Lipinski definition) is 5. The third-order valence-corrected chi connectivity index (χ3v) is 7.06. The zero-order valence-electron chi connectivity index (χ0n) is 21.2. The van der Waals surface area contributed by atoms with Gasteiger partial charge in [0.05, 0.1) is 12.0 Å². The molecule has 0 bridgehead atoms. The highest BCUT2D eigenvalue weighted by Crippen LogP contribution is 2.28. The Morgan fingerprint density at radius 2 is 1.62 bits per heavy atom. The summed E-state index contributed by atoms with van der Waals surface area (Å²) in [5.41, 5.74) is 9.40. The van der Waals surface area contributed by atoms with Gasteiger partial charge in [0.1, 0.15) is 17.6 Å². The number of carbonyl (C=O) groups is 1. The number of nitrogens with one attached hydrogen (secondary N) is 3. The summed E-state index contributed by atoms with van der Waals surface area (Å²) in [5.74, 6) is 0.363. The third kappa shape index (κ3) is 7.01. The van der Waals surface area contributed by atoms with Gasteiger partial charge < -0.3 is 21.1 Å². The number of nitrogen functional groups attached to an aromatic ring is 1. The molecule has 4 rings (SSSR count). The average molecular weight is 544 g/mol. The van der Waals surface area contributed by atoms with Crippen molar-refractivity contribution in [3.63, 3.8) is 0 Å². The Hall–Kier alpha value is -4.67. The highest BCUT2D eigenvalue weighted by atomic mass is 32.2. The van der Waals surface area contributed by atoms with E-state index >= 15 is 0 Å². The average Bonchev–Trinajstić information content (AvgIpc) is 2.93. The van der Waals surface area contributed by atoms with Gasteiger partial charge in [-0.1, -0.05) is 54.6 Å². The second kappa shape index (κ2) is 11.8. The number of methoxy groups -OCH3 is 1. The number of hydrogen-bond acceptors (Lipinski definition) is 6.